The van der Waals surface area contributed by atoms with Crippen molar-refractivity contribution in [2.45, 2.75) is 6.92 Å². The van der Waals surface area contributed by atoms with Gasteiger partial charge in [-0.3, -0.25) is 5.71 Å². The van der Waals surface area contributed by atoms with Crippen molar-refractivity contribution in [2.75, 3.05) is 0 Å². The Balaban J connectivity index is 0.000000810. The van der Waals surface area contributed by atoms with Gasteiger partial charge < -0.3 is 5.41 Å². The van der Waals surface area contributed by atoms with E-state index in [2.05, 4.69) is 6.08 Å². The summed E-state index contributed by atoms with van der Waals surface area (Å²) < 4.78 is 0. The van der Waals surface area contributed by atoms with Crippen LogP contribution in [0.1, 0.15) is 6.92 Å². The normalized spacial score (nSPS) is 19.3. The second-order valence-corrected chi connectivity index (χ2v) is 1.77. The maximum Gasteiger partial charge on any atom is 2.00 e. The van der Waals surface area contributed by atoms with Gasteiger partial charge in [-0.2, -0.15) is 6.08 Å². The zero-order valence-corrected chi connectivity index (χ0v) is 9.92. The molecule has 2 heteroatoms. The fraction of sp³-hybridized carbons (Fsp3) is 0.125. The Morgan fingerprint density at radius 1 is 1.30 bits per heavy atom. The number of nitrogens with zero attached hydrogens (tertiary/aromatic N) is 1. The predicted molar refractivity (Wildman–Crippen MR) is 39.1 cm³/mol. The molecule has 1 rings (SSSR count). The van der Waals surface area contributed by atoms with E-state index in [-0.39, 0.29) is 31.1 Å². The van der Waals surface area contributed by atoms with E-state index in [1.54, 1.807) is 19.1 Å². The zero-order valence-electron chi connectivity index (χ0n) is 5.76. The van der Waals surface area contributed by atoms with Crippen molar-refractivity contribution in [1.82, 2.24) is 0 Å². The van der Waals surface area contributed by atoms with Gasteiger partial charge in [0.15, 0.2) is 0 Å². The van der Waals surface area contributed by atoms with E-state index in [1.807, 2.05) is 12.2 Å². The topological polar surface area (TPSA) is 22.3 Å². The van der Waals surface area contributed by atoms with Crippen molar-refractivity contribution in [2.24, 2.45) is 0 Å². The Kier molecular flexibility index (Phi) is 4.68. The molecule has 0 bridgehead atoms. The van der Waals surface area contributed by atoms with Gasteiger partial charge in [-0.05, 0) is 0 Å². The molecule has 1 aliphatic rings. The minimum atomic E-state index is 0. The van der Waals surface area contributed by atoms with Crippen molar-refractivity contribution in [3.63, 3.8) is 0 Å². The van der Waals surface area contributed by atoms with Gasteiger partial charge in [-0.1, -0.05) is 13.0 Å². The minimum absolute atomic E-state index is 0. The van der Waals surface area contributed by atoms with Crippen LogP contribution in [0.2, 0.25) is 0 Å². The van der Waals surface area contributed by atoms with Crippen LogP contribution in [-0.2, 0) is 0 Å². The molecule has 10 heavy (non-hydrogen) atoms. The van der Waals surface area contributed by atoms with Crippen molar-refractivity contribution < 1.29 is 31.1 Å². The molecule has 0 aromatic carbocycles. The molecule has 0 aromatic rings. The molecular weight excluding hydrogens is 348 g/mol. The molecule has 0 radical (unpaired) electrons. The van der Waals surface area contributed by atoms with Crippen molar-refractivity contribution >= 4 is 5.71 Å². The summed E-state index contributed by atoms with van der Waals surface area (Å²) in [4.78, 5) is 0. The summed E-state index contributed by atoms with van der Waals surface area (Å²) in [7, 11) is 0. The Labute approximate surface area is 84.8 Å². The predicted octanol–water partition coefficient (Wildman–Crippen LogP) is 1.87. The first kappa shape index (κ1) is 9.94. The van der Waals surface area contributed by atoms with E-state index in [9.17, 15) is 0 Å². The van der Waals surface area contributed by atoms with E-state index in [1.165, 1.54) is 0 Å². The Hall–Kier alpha value is -0.0581. The summed E-state index contributed by atoms with van der Waals surface area (Å²) in [6.07, 6.45) is 9.96. The van der Waals surface area contributed by atoms with Crippen LogP contribution in [0, 0.1) is 37.2 Å². The van der Waals surface area contributed by atoms with Gasteiger partial charge in [0, 0.05) is 0 Å². The van der Waals surface area contributed by atoms with E-state index >= 15 is 0 Å². The van der Waals surface area contributed by atoms with E-state index in [0.29, 0.717) is 5.71 Å². The summed E-state index contributed by atoms with van der Waals surface area (Å²) in [5, 5.41) is 9.05. The smallest absolute Gasteiger partial charge is 0.872 e. The molecular formula is C8H7NU. The Morgan fingerprint density at radius 3 is 2.30 bits per heavy atom. The average molecular weight is 355 g/mol. The molecule has 0 aromatic heterocycles. The van der Waals surface area contributed by atoms with Gasteiger partial charge in [-0.25, -0.2) is 11.6 Å². The molecule has 0 fully saturated rings. The summed E-state index contributed by atoms with van der Waals surface area (Å²) in [5.74, 6) is 0. The number of hydrogen-bond donors (Lipinski definition) is 0. The molecule has 0 amide bonds. The summed E-state index contributed by atoms with van der Waals surface area (Å²) >= 11 is 0. The van der Waals surface area contributed by atoms with Crippen LogP contribution in [0.3, 0.4) is 0 Å². The van der Waals surface area contributed by atoms with Gasteiger partial charge in [0.05, 0.1) is 0 Å². The van der Waals surface area contributed by atoms with Gasteiger partial charge in [-0.15, -0.1) is 12.2 Å². The molecule has 0 N–H and O–H groups in total. The molecule has 1 nitrogen and oxygen atoms in total. The summed E-state index contributed by atoms with van der Waals surface area (Å²) in [6.45, 7) is 1.77. The third-order valence-corrected chi connectivity index (χ3v) is 1.17. The standard InChI is InChI=1S/C8H7N.U/c1-2-7-5-3-4-6-8(7)9;/h3-6H,1H3;/q-2;+2. The molecule has 48 valence electrons. The van der Waals surface area contributed by atoms with E-state index in [0.717, 1.165) is 5.57 Å². The van der Waals surface area contributed by atoms with Crippen LogP contribution in [-0.4, -0.2) is 5.71 Å². The first-order valence-corrected chi connectivity index (χ1v) is 2.80. The maximum atomic E-state index is 9.05. The van der Waals surface area contributed by atoms with Gasteiger partial charge in [0.1, 0.15) is 0 Å². The molecule has 0 saturated carbocycles. The third-order valence-electron chi connectivity index (χ3n) is 1.17. The Bertz CT molecular complexity index is 211. The molecule has 0 atom stereocenters. The second-order valence-electron chi connectivity index (χ2n) is 1.77. The van der Waals surface area contributed by atoms with Gasteiger partial charge >= 0.3 is 31.1 Å². The minimum Gasteiger partial charge on any atom is -0.872 e. The fourth-order valence-electron chi connectivity index (χ4n) is 0.685. The summed E-state index contributed by atoms with van der Waals surface area (Å²) in [6, 6.07) is 0. The molecule has 0 heterocycles. The maximum absolute atomic E-state index is 9.05. The molecule has 0 unspecified atom stereocenters. The Morgan fingerprint density at radius 2 is 1.90 bits per heavy atom. The zero-order chi connectivity index (χ0) is 6.69. The molecule has 0 saturated heterocycles. The number of hydrogen-bond acceptors (Lipinski definition) is 0. The second kappa shape index (κ2) is 4.71. The summed E-state index contributed by atoms with van der Waals surface area (Å²) in [5.41, 5.74) is 1.05. The largest absolute Gasteiger partial charge is 2.00 e. The molecule has 0 aliphatic heterocycles. The van der Waals surface area contributed by atoms with Crippen LogP contribution in [0.25, 0.3) is 5.41 Å². The van der Waals surface area contributed by atoms with Gasteiger partial charge in [0.2, 0.25) is 0 Å². The van der Waals surface area contributed by atoms with Crippen LogP contribution < -0.4 is 0 Å². The van der Waals surface area contributed by atoms with Crippen molar-refractivity contribution in [3.05, 3.63) is 41.4 Å². The average Bonchev–Trinajstić information content (AvgIpc) is 1.89. The van der Waals surface area contributed by atoms with Crippen LogP contribution in [0.5, 0.6) is 0 Å². The molecule has 0 spiro atoms. The first-order valence-electron chi connectivity index (χ1n) is 2.80. The molecule has 1 aliphatic carbocycles. The van der Waals surface area contributed by atoms with E-state index in [4.69, 9.17) is 5.41 Å². The van der Waals surface area contributed by atoms with E-state index < -0.39 is 0 Å². The first-order chi connectivity index (χ1) is 4.34. The third kappa shape index (κ3) is 2.29. The van der Waals surface area contributed by atoms with Crippen LogP contribution in [0.15, 0.2) is 29.9 Å². The fourth-order valence-corrected chi connectivity index (χ4v) is 0.685. The SMILES string of the molecule is C[C-]=C1C=CC=CC1=[N-].[U+2]. The number of rotatable bonds is 0. The quantitative estimate of drug-likeness (QED) is 0.592. The van der Waals surface area contributed by atoms with Crippen LogP contribution in [0.4, 0.5) is 0 Å². The van der Waals surface area contributed by atoms with Crippen molar-refractivity contribution in [3.8, 4) is 0 Å². The monoisotopic (exact) mass is 355 g/mol. The number of allylic oxidation sites excluding steroid dienone is 6. The van der Waals surface area contributed by atoms with Crippen LogP contribution >= 0.6 is 0 Å². The van der Waals surface area contributed by atoms with Gasteiger partial charge in [0.25, 0.3) is 0 Å². The van der Waals surface area contributed by atoms with Crippen molar-refractivity contribution in [1.29, 1.82) is 0 Å².